The number of carbonyl (C=O) groups excluding carboxylic acids is 1. The maximum Gasteiger partial charge on any atom is 0.387 e. The molecule has 3 aromatic rings. The smallest absolute Gasteiger partial charge is 0.387 e. The predicted octanol–water partition coefficient (Wildman–Crippen LogP) is 7.46. The van der Waals surface area contributed by atoms with Crippen molar-refractivity contribution >= 4 is 11.6 Å². The molecule has 0 N–H and O–H groups in total. The quantitative estimate of drug-likeness (QED) is 0.229. The average Bonchev–Trinajstić information content (AvgIpc) is 3.49. The van der Waals surface area contributed by atoms with E-state index in [-0.39, 0.29) is 39.3 Å². The molecule has 4 bridgehead atoms. The minimum absolute atomic E-state index is 0.0107. The van der Waals surface area contributed by atoms with Gasteiger partial charge >= 0.3 is 12.6 Å². The topological polar surface area (TPSA) is 103 Å². The molecule has 2 heterocycles. The molecule has 6 saturated carbocycles. The van der Waals surface area contributed by atoms with Gasteiger partial charge in [-0.15, -0.1) is 0 Å². The van der Waals surface area contributed by atoms with Crippen molar-refractivity contribution in [2.75, 3.05) is 11.4 Å². The van der Waals surface area contributed by atoms with Gasteiger partial charge in [0.25, 0.3) is 0 Å². The van der Waals surface area contributed by atoms with Crippen LogP contribution in [0.1, 0.15) is 96.7 Å². The number of hydrogen-bond acceptors (Lipinski definition) is 8. The molecule has 240 valence electrons. The van der Waals surface area contributed by atoms with Crippen LogP contribution in [-0.2, 0) is 15.6 Å². The Kier molecular flexibility index (Phi) is 6.94. The number of ether oxygens (including phenoxy) is 2. The summed E-state index contributed by atoms with van der Waals surface area (Å²) in [5, 5.41) is 4.42. The minimum Gasteiger partial charge on any atom is -0.432 e. The summed E-state index contributed by atoms with van der Waals surface area (Å²) in [5.41, 5.74) is -1.01. The molecule has 0 saturated heterocycles. The Labute approximate surface area is 259 Å². The lowest BCUT2D eigenvalue weighted by atomic mass is 9.41. The van der Waals surface area contributed by atoms with Crippen molar-refractivity contribution in [1.29, 1.82) is 0 Å². The Bertz CT molecular complexity index is 1540. The van der Waals surface area contributed by atoms with Crippen molar-refractivity contribution in [2.45, 2.75) is 108 Å². The summed E-state index contributed by atoms with van der Waals surface area (Å²) < 4.78 is 55.1. The third-order valence-corrected chi connectivity index (χ3v) is 10.5. The summed E-state index contributed by atoms with van der Waals surface area (Å²) in [6.07, 6.45) is 9.51. The highest BCUT2D eigenvalue weighted by atomic mass is 19.3. The lowest BCUT2D eigenvalue weighted by molar-refractivity contribution is -0.215. The maximum atomic E-state index is 14.4. The van der Waals surface area contributed by atoms with Gasteiger partial charge in [-0.2, -0.15) is 23.7 Å². The third-order valence-electron chi connectivity index (χ3n) is 10.5. The van der Waals surface area contributed by atoms with Crippen LogP contribution in [0.3, 0.4) is 0 Å². The summed E-state index contributed by atoms with van der Waals surface area (Å²) in [5.74, 6) is 1.67. The highest BCUT2D eigenvalue weighted by Gasteiger charge is 2.69. The van der Waals surface area contributed by atoms with Gasteiger partial charge in [-0.05, 0) is 80.8 Å². The van der Waals surface area contributed by atoms with Gasteiger partial charge < -0.3 is 18.9 Å². The van der Waals surface area contributed by atoms with Crippen LogP contribution in [0.15, 0.2) is 41.2 Å². The van der Waals surface area contributed by atoms with Crippen LogP contribution < -0.4 is 14.4 Å². The zero-order valence-electron chi connectivity index (χ0n) is 25.8. The van der Waals surface area contributed by atoms with Crippen molar-refractivity contribution in [3.63, 3.8) is 0 Å². The van der Waals surface area contributed by atoms with Gasteiger partial charge in [-0.25, -0.2) is 4.39 Å². The summed E-state index contributed by atoms with van der Waals surface area (Å²) in [7, 11) is 0. The number of aromatic nitrogens is 4. The molecule has 0 radical (unpaired) electrons. The van der Waals surface area contributed by atoms with E-state index in [9.17, 15) is 18.0 Å². The van der Waals surface area contributed by atoms with E-state index < -0.39 is 12.3 Å². The fourth-order valence-corrected chi connectivity index (χ4v) is 8.04. The zero-order chi connectivity index (χ0) is 31.7. The van der Waals surface area contributed by atoms with Crippen LogP contribution >= 0.6 is 0 Å². The molecular formula is C33H38F3N5O4. The van der Waals surface area contributed by atoms with E-state index in [1.165, 1.54) is 0 Å². The van der Waals surface area contributed by atoms with E-state index in [0.717, 1.165) is 56.7 Å². The first-order valence-corrected chi connectivity index (χ1v) is 15.7. The molecule has 1 amide bonds. The molecule has 9 nitrogen and oxygen atoms in total. The number of amides is 1. The summed E-state index contributed by atoms with van der Waals surface area (Å²) in [6.45, 7) is 3.77. The van der Waals surface area contributed by atoms with E-state index in [2.05, 4.69) is 40.6 Å². The largest absolute Gasteiger partial charge is 0.432 e. The molecule has 1 aromatic carbocycles. The van der Waals surface area contributed by atoms with Gasteiger partial charge in [0.1, 0.15) is 11.4 Å². The standard InChI is InChI=1S/C33H38F3N5O4/c1-29(2,3)26-39-25(40-45-26)32-10-7-30(8-11-32,9-12-32)20-41(24(42)14-31-17-33(36,18-31)19-31)21-5-4-6-22(13-21)44-28-37-15-23(16-38-28)43-27(34)35/h4-6,13,15-16,27H,7-12,14,17-20H2,1-3H3. The molecule has 45 heavy (non-hydrogen) atoms. The van der Waals surface area contributed by atoms with E-state index in [0.29, 0.717) is 49.6 Å². The van der Waals surface area contributed by atoms with Crippen LogP contribution in [0.2, 0.25) is 0 Å². The lowest BCUT2D eigenvalue weighted by Crippen LogP contribution is -2.65. The Morgan fingerprint density at radius 1 is 1.00 bits per heavy atom. The minimum atomic E-state index is -2.98. The third kappa shape index (κ3) is 5.65. The average molecular weight is 626 g/mol. The van der Waals surface area contributed by atoms with Crippen molar-refractivity contribution in [1.82, 2.24) is 20.1 Å². The highest BCUT2D eigenvalue weighted by Crippen LogP contribution is 2.71. The number of alkyl halides is 3. The fourth-order valence-electron chi connectivity index (χ4n) is 8.04. The fraction of sp³-hybridized carbons (Fsp3) is 0.606. The van der Waals surface area contributed by atoms with Crippen LogP contribution in [0.25, 0.3) is 0 Å². The zero-order valence-corrected chi connectivity index (χ0v) is 25.8. The van der Waals surface area contributed by atoms with E-state index >= 15 is 0 Å². The number of hydrogen-bond donors (Lipinski definition) is 0. The second-order valence-corrected chi connectivity index (χ2v) is 15.0. The summed E-state index contributed by atoms with van der Waals surface area (Å²) in [4.78, 5) is 28.6. The molecular weight excluding hydrogens is 587 g/mol. The van der Waals surface area contributed by atoms with Crippen molar-refractivity contribution in [3.8, 4) is 17.5 Å². The summed E-state index contributed by atoms with van der Waals surface area (Å²) in [6, 6.07) is 7.12. The van der Waals surface area contributed by atoms with Crippen molar-refractivity contribution < 1.29 is 32.0 Å². The van der Waals surface area contributed by atoms with Gasteiger partial charge in [-0.3, -0.25) is 4.79 Å². The predicted molar refractivity (Wildman–Crippen MR) is 157 cm³/mol. The van der Waals surface area contributed by atoms with E-state index in [4.69, 9.17) is 14.2 Å². The number of fused-ring (bicyclic) bond motifs is 3. The second kappa shape index (κ2) is 10.4. The second-order valence-electron chi connectivity index (χ2n) is 15.0. The SMILES string of the molecule is CC(C)(C)c1nc(C23CCC(CN(C(=O)CC45CC(F)(C4)C5)c4cccc(Oc5ncc(OC(F)F)cn5)c4)(CC2)CC3)no1. The first-order chi connectivity index (χ1) is 21.3. The number of carbonyl (C=O) groups is 1. The Hall–Kier alpha value is -3.70. The molecule has 0 aliphatic heterocycles. The van der Waals surface area contributed by atoms with Crippen LogP contribution in [-0.4, -0.2) is 44.8 Å². The highest BCUT2D eigenvalue weighted by molar-refractivity contribution is 5.94. The van der Waals surface area contributed by atoms with Gasteiger partial charge in [0.2, 0.25) is 11.8 Å². The van der Waals surface area contributed by atoms with E-state index in [1.807, 2.05) is 11.0 Å². The van der Waals surface area contributed by atoms with Gasteiger partial charge in [0.15, 0.2) is 11.6 Å². The molecule has 0 unspecified atom stereocenters. The van der Waals surface area contributed by atoms with Gasteiger partial charge in [-0.1, -0.05) is 32.0 Å². The molecule has 6 aliphatic rings. The van der Waals surface area contributed by atoms with Gasteiger partial charge in [0.05, 0.1) is 12.4 Å². The molecule has 0 atom stereocenters. The normalized spacial score (nSPS) is 30.0. The van der Waals surface area contributed by atoms with Crippen LogP contribution in [0.4, 0.5) is 18.9 Å². The number of halogens is 3. The van der Waals surface area contributed by atoms with Crippen molar-refractivity contribution in [2.24, 2.45) is 10.8 Å². The Morgan fingerprint density at radius 2 is 1.67 bits per heavy atom. The van der Waals surface area contributed by atoms with E-state index in [1.54, 1.807) is 18.2 Å². The maximum absolute atomic E-state index is 14.4. The number of nitrogens with zero attached hydrogens (tertiary/aromatic N) is 5. The number of anilines is 1. The van der Waals surface area contributed by atoms with Crippen LogP contribution in [0.5, 0.6) is 17.5 Å². The van der Waals surface area contributed by atoms with Crippen molar-refractivity contribution in [3.05, 3.63) is 48.4 Å². The Morgan fingerprint density at radius 3 is 2.24 bits per heavy atom. The van der Waals surface area contributed by atoms with Crippen LogP contribution in [0, 0.1) is 10.8 Å². The summed E-state index contributed by atoms with van der Waals surface area (Å²) >= 11 is 0. The monoisotopic (exact) mass is 625 g/mol. The number of benzene rings is 1. The Balaban J connectivity index is 1.10. The molecule has 6 fully saturated rings. The molecule has 0 spiro atoms. The number of rotatable bonds is 10. The van der Waals surface area contributed by atoms with Gasteiger partial charge in [0, 0.05) is 35.5 Å². The first-order valence-electron chi connectivity index (χ1n) is 15.7. The molecule has 6 aliphatic carbocycles. The molecule has 2 aromatic heterocycles. The lowest BCUT2D eigenvalue weighted by Gasteiger charge is -2.66. The molecule has 12 heteroatoms. The first kappa shape index (κ1) is 30.0. The molecule has 9 rings (SSSR count).